The number of nitrogens with one attached hydrogen (secondary N) is 1. The van der Waals surface area contributed by atoms with Crippen LogP contribution in [0.5, 0.6) is 0 Å². The van der Waals surface area contributed by atoms with E-state index in [2.05, 4.69) is 20.7 Å². The number of hydrogen-bond donors (Lipinski definition) is 2. The first-order chi connectivity index (χ1) is 8.40. The van der Waals surface area contributed by atoms with E-state index in [1.54, 1.807) is 12.1 Å². The Balaban J connectivity index is 2.90. The van der Waals surface area contributed by atoms with Crippen LogP contribution in [0, 0.1) is 5.92 Å². The second-order valence-corrected chi connectivity index (χ2v) is 6.88. The van der Waals surface area contributed by atoms with Gasteiger partial charge in [-0.3, -0.25) is 0 Å². The first-order valence-corrected chi connectivity index (χ1v) is 8.07. The predicted molar refractivity (Wildman–Crippen MR) is 74.8 cm³/mol. The molecule has 0 fully saturated rings. The number of benzene rings is 1. The summed E-state index contributed by atoms with van der Waals surface area (Å²) in [5, 5.41) is 9.25. The van der Waals surface area contributed by atoms with Crippen molar-refractivity contribution in [3.8, 4) is 0 Å². The summed E-state index contributed by atoms with van der Waals surface area (Å²) in [5.41, 5.74) is 0. The van der Waals surface area contributed by atoms with E-state index in [1.807, 2.05) is 13.8 Å². The molecule has 1 aromatic carbocycles. The smallest absolute Gasteiger partial charge is 0.240 e. The quantitative estimate of drug-likeness (QED) is 0.836. The topological polar surface area (TPSA) is 66.4 Å². The number of sulfonamides is 1. The van der Waals surface area contributed by atoms with Crippen LogP contribution in [-0.4, -0.2) is 26.2 Å². The summed E-state index contributed by atoms with van der Waals surface area (Å²) in [6, 6.07) is 5.94. The summed E-state index contributed by atoms with van der Waals surface area (Å²) in [6.07, 6.45) is 0.800. The molecule has 6 heteroatoms. The third-order valence-corrected chi connectivity index (χ3v) is 4.99. The van der Waals surface area contributed by atoms with Crippen LogP contribution in [-0.2, 0) is 10.0 Å². The molecule has 1 rings (SSSR count). The minimum atomic E-state index is -3.57. The summed E-state index contributed by atoms with van der Waals surface area (Å²) in [6.45, 7) is 3.66. The molecule has 0 aliphatic carbocycles. The lowest BCUT2D eigenvalue weighted by Crippen LogP contribution is -2.41. The van der Waals surface area contributed by atoms with Crippen molar-refractivity contribution in [2.24, 2.45) is 5.92 Å². The Morgan fingerprint density at radius 1 is 1.33 bits per heavy atom. The minimum absolute atomic E-state index is 0.0835. The Morgan fingerprint density at radius 2 is 1.89 bits per heavy atom. The van der Waals surface area contributed by atoms with Crippen molar-refractivity contribution in [1.82, 2.24) is 4.72 Å². The van der Waals surface area contributed by atoms with Crippen LogP contribution in [0.4, 0.5) is 0 Å². The van der Waals surface area contributed by atoms with Gasteiger partial charge in [-0.1, -0.05) is 36.2 Å². The molecule has 0 unspecified atom stereocenters. The van der Waals surface area contributed by atoms with Gasteiger partial charge in [0.15, 0.2) is 0 Å². The van der Waals surface area contributed by atoms with E-state index in [0.29, 0.717) is 0 Å². The highest BCUT2D eigenvalue weighted by Gasteiger charge is 2.22. The second kappa shape index (κ2) is 6.65. The normalized spacial score (nSPS) is 15.3. The monoisotopic (exact) mass is 335 g/mol. The average Bonchev–Trinajstić information content (AvgIpc) is 2.35. The van der Waals surface area contributed by atoms with Crippen LogP contribution in [0.1, 0.15) is 20.3 Å². The van der Waals surface area contributed by atoms with Gasteiger partial charge in [0.05, 0.1) is 11.5 Å². The van der Waals surface area contributed by atoms with E-state index in [0.717, 1.165) is 10.9 Å². The first-order valence-electron chi connectivity index (χ1n) is 5.79. The molecule has 0 heterocycles. The van der Waals surface area contributed by atoms with E-state index in [4.69, 9.17) is 0 Å². The summed E-state index contributed by atoms with van der Waals surface area (Å²) in [4.78, 5) is 0.201. The number of hydrogen-bond acceptors (Lipinski definition) is 3. The lowest BCUT2D eigenvalue weighted by molar-refractivity contribution is 0.219. The van der Waals surface area contributed by atoms with E-state index < -0.39 is 16.1 Å². The molecule has 0 saturated carbocycles. The Labute approximate surface area is 117 Å². The average molecular weight is 336 g/mol. The van der Waals surface area contributed by atoms with Gasteiger partial charge < -0.3 is 5.11 Å². The molecule has 102 valence electrons. The van der Waals surface area contributed by atoms with Gasteiger partial charge in [-0.25, -0.2) is 13.1 Å². The zero-order valence-electron chi connectivity index (χ0n) is 10.4. The molecule has 0 aliphatic heterocycles. The minimum Gasteiger partial charge on any atom is -0.395 e. The van der Waals surface area contributed by atoms with Crippen LogP contribution in [0.2, 0.25) is 0 Å². The Bertz CT molecular complexity index is 473. The van der Waals surface area contributed by atoms with E-state index in [9.17, 15) is 13.5 Å². The summed E-state index contributed by atoms with van der Waals surface area (Å²) in [7, 11) is -3.57. The fraction of sp³-hybridized carbons (Fsp3) is 0.500. The highest BCUT2D eigenvalue weighted by atomic mass is 79.9. The molecule has 0 spiro atoms. The van der Waals surface area contributed by atoms with E-state index in [-0.39, 0.29) is 17.4 Å². The maximum atomic E-state index is 12.1. The fourth-order valence-electron chi connectivity index (χ4n) is 1.50. The van der Waals surface area contributed by atoms with Gasteiger partial charge in [-0.05, 0) is 30.2 Å². The van der Waals surface area contributed by atoms with Crippen molar-refractivity contribution in [3.05, 3.63) is 28.7 Å². The first kappa shape index (κ1) is 15.6. The van der Waals surface area contributed by atoms with Gasteiger partial charge in [0.2, 0.25) is 10.0 Å². The zero-order valence-corrected chi connectivity index (χ0v) is 12.8. The van der Waals surface area contributed by atoms with E-state index >= 15 is 0 Å². The molecule has 0 bridgehead atoms. The van der Waals surface area contributed by atoms with Gasteiger partial charge in [0, 0.05) is 10.5 Å². The van der Waals surface area contributed by atoms with Crippen LogP contribution in [0.25, 0.3) is 0 Å². The fourth-order valence-corrected chi connectivity index (χ4v) is 3.10. The molecule has 0 aliphatic rings. The number of aliphatic hydroxyl groups excluding tert-OH is 1. The molecule has 0 aromatic heterocycles. The highest BCUT2D eigenvalue weighted by Crippen LogP contribution is 2.16. The van der Waals surface area contributed by atoms with Gasteiger partial charge in [0.1, 0.15) is 0 Å². The Kier molecular flexibility index (Phi) is 5.78. The van der Waals surface area contributed by atoms with Gasteiger partial charge in [-0.2, -0.15) is 0 Å². The van der Waals surface area contributed by atoms with Crippen LogP contribution in [0.3, 0.4) is 0 Å². The molecule has 0 amide bonds. The van der Waals surface area contributed by atoms with Gasteiger partial charge in [0.25, 0.3) is 0 Å². The van der Waals surface area contributed by atoms with Crippen molar-refractivity contribution in [1.29, 1.82) is 0 Å². The number of rotatable bonds is 6. The van der Waals surface area contributed by atoms with Crippen molar-refractivity contribution < 1.29 is 13.5 Å². The van der Waals surface area contributed by atoms with Crippen molar-refractivity contribution in [2.45, 2.75) is 31.2 Å². The van der Waals surface area contributed by atoms with Crippen LogP contribution in [0.15, 0.2) is 33.6 Å². The third-order valence-electron chi connectivity index (χ3n) is 2.96. The summed E-state index contributed by atoms with van der Waals surface area (Å²) < 4.78 is 27.5. The SMILES string of the molecule is CC[C@@H](C)[C@H](CO)NS(=O)(=O)c1ccc(Br)cc1. The van der Waals surface area contributed by atoms with Crippen molar-refractivity contribution in [2.75, 3.05) is 6.61 Å². The lowest BCUT2D eigenvalue weighted by Gasteiger charge is -2.21. The molecule has 0 saturated heterocycles. The van der Waals surface area contributed by atoms with E-state index in [1.165, 1.54) is 12.1 Å². The lowest BCUT2D eigenvalue weighted by atomic mass is 10.0. The van der Waals surface area contributed by atoms with Gasteiger partial charge in [-0.15, -0.1) is 0 Å². The van der Waals surface area contributed by atoms with Crippen molar-refractivity contribution >= 4 is 26.0 Å². The molecule has 1 aromatic rings. The molecular weight excluding hydrogens is 318 g/mol. The number of halogens is 1. The maximum Gasteiger partial charge on any atom is 0.240 e. The third kappa shape index (κ3) is 4.05. The Morgan fingerprint density at radius 3 is 2.33 bits per heavy atom. The molecule has 2 atom stereocenters. The summed E-state index contributed by atoms with van der Waals surface area (Å²) >= 11 is 3.26. The number of aliphatic hydroxyl groups is 1. The summed E-state index contributed by atoms with van der Waals surface area (Å²) in [5.74, 6) is 0.0835. The van der Waals surface area contributed by atoms with Crippen LogP contribution >= 0.6 is 15.9 Å². The second-order valence-electron chi connectivity index (χ2n) is 4.25. The maximum absolute atomic E-state index is 12.1. The standard InChI is InChI=1S/C12H18BrNO3S/c1-3-9(2)12(8-15)14-18(16,17)11-6-4-10(13)5-7-11/h4-7,9,12,14-15H,3,8H2,1-2H3/t9-,12+/m1/s1. The molecular formula is C12H18BrNO3S. The predicted octanol–water partition coefficient (Wildman–Crippen LogP) is 2.13. The molecule has 0 radical (unpaired) electrons. The van der Waals surface area contributed by atoms with Crippen LogP contribution < -0.4 is 4.72 Å². The Hall–Kier alpha value is -0.430. The molecule has 2 N–H and O–H groups in total. The van der Waals surface area contributed by atoms with Crippen molar-refractivity contribution in [3.63, 3.8) is 0 Å². The highest BCUT2D eigenvalue weighted by molar-refractivity contribution is 9.10. The largest absolute Gasteiger partial charge is 0.395 e. The zero-order chi connectivity index (χ0) is 13.8. The van der Waals surface area contributed by atoms with Gasteiger partial charge >= 0.3 is 0 Å². The molecule has 4 nitrogen and oxygen atoms in total. The molecule has 18 heavy (non-hydrogen) atoms.